The minimum absolute atomic E-state index is 0.0187. The quantitative estimate of drug-likeness (QED) is 0.420. The molecular weight excluding hydrogens is 291 g/mol. The Hall–Kier alpha value is 0.370. The second-order valence-electron chi connectivity index (χ2n) is 4.50. The van der Waals surface area contributed by atoms with Crippen LogP contribution >= 0.6 is 23.5 Å². The zero-order chi connectivity index (χ0) is 12.3. The Bertz CT molecular complexity index is 298. The van der Waals surface area contributed by atoms with Gasteiger partial charge in [-0.1, -0.05) is 27.6 Å². The van der Waals surface area contributed by atoms with Gasteiger partial charge in [-0.3, -0.25) is 4.57 Å². The third-order valence-electron chi connectivity index (χ3n) is 2.13. The first kappa shape index (κ1) is 14.4. The summed E-state index contributed by atoms with van der Waals surface area (Å²) >= 11 is 3.34. The van der Waals surface area contributed by atoms with Crippen LogP contribution in [0.3, 0.4) is 0 Å². The second kappa shape index (κ2) is 5.81. The van der Waals surface area contributed by atoms with Gasteiger partial charge in [-0.05, 0) is 34.1 Å². The van der Waals surface area contributed by atoms with E-state index in [0.29, 0.717) is 0 Å². The fourth-order valence-corrected chi connectivity index (χ4v) is 4.44. The largest absolute Gasteiger partial charge is 0.338 e. The van der Waals surface area contributed by atoms with E-state index in [1.807, 2.05) is 33.8 Å². The Labute approximate surface area is 106 Å². The van der Waals surface area contributed by atoms with Gasteiger partial charge in [0.05, 0.1) is 17.9 Å². The van der Waals surface area contributed by atoms with Crippen molar-refractivity contribution in [2.45, 2.75) is 52.0 Å². The molecule has 0 aliphatic heterocycles. The maximum Gasteiger partial charge on any atom is 0.338 e. The molecule has 0 aromatic rings. The van der Waals surface area contributed by atoms with Crippen LogP contribution in [0.5, 0.6) is 0 Å². The molecule has 0 aromatic heterocycles. The van der Waals surface area contributed by atoms with Crippen LogP contribution in [0.25, 0.3) is 0 Å². The molecule has 0 heterocycles. The second-order valence-corrected chi connectivity index (χ2v) is 7.27. The standard InChI is InChI=1S/C11H20BrO3P/c1-8(2)14-16(13,15-9(3)4)11-7-10(11)5-6-12/h5,8-9,11H,6-7H2,1-4H3/b10-5+. The summed E-state index contributed by atoms with van der Waals surface area (Å²) in [6.45, 7) is 7.53. The maximum atomic E-state index is 12.6. The lowest BCUT2D eigenvalue weighted by molar-refractivity contribution is 0.142. The summed E-state index contributed by atoms with van der Waals surface area (Å²) in [4.78, 5) is 0. The molecule has 0 radical (unpaired) electrons. The first-order valence-electron chi connectivity index (χ1n) is 5.60. The third-order valence-corrected chi connectivity index (χ3v) is 5.17. The van der Waals surface area contributed by atoms with E-state index in [1.165, 1.54) is 5.57 Å². The molecule has 1 rings (SSSR count). The Kier molecular flexibility index (Phi) is 5.24. The van der Waals surface area contributed by atoms with Crippen LogP contribution in [-0.4, -0.2) is 23.2 Å². The highest BCUT2D eigenvalue weighted by Crippen LogP contribution is 2.66. The Morgan fingerprint density at radius 3 is 2.25 bits per heavy atom. The summed E-state index contributed by atoms with van der Waals surface area (Å²) in [5.41, 5.74) is 1.16. The number of hydrogen-bond acceptors (Lipinski definition) is 3. The molecule has 5 heteroatoms. The summed E-state index contributed by atoms with van der Waals surface area (Å²) in [6.07, 6.45) is 2.73. The van der Waals surface area contributed by atoms with E-state index in [9.17, 15) is 4.57 Å². The van der Waals surface area contributed by atoms with Gasteiger partial charge in [0.2, 0.25) is 0 Å². The van der Waals surface area contributed by atoms with Crippen molar-refractivity contribution in [1.82, 2.24) is 0 Å². The molecule has 1 saturated carbocycles. The van der Waals surface area contributed by atoms with E-state index in [1.54, 1.807) is 0 Å². The Balaban J connectivity index is 2.73. The van der Waals surface area contributed by atoms with Crippen LogP contribution in [0.15, 0.2) is 11.6 Å². The number of halogens is 1. The molecule has 0 N–H and O–H groups in total. The van der Waals surface area contributed by atoms with Crippen molar-refractivity contribution in [3.8, 4) is 0 Å². The summed E-state index contributed by atoms with van der Waals surface area (Å²) in [5, 5.41) is 0.794. The van der Waals surface area contributed by atoms with Gasteiger partial charge in [0.25, 0.3) is 0 Å². The summed E-state index contributed by atoms with van der Waals surface area (Å²) < 4.78 is 23.6. The number of rotatable bonds is 6. The normalized spacial score (nSPS) is 23.4. The molecule has 1 aliphatic rings. The minimum atomic E-state index is -2.97. The summed E-state index contributed by atoms with van der Waals surface area (Å²) in [6, 6.07) is 0. The first-order chi connectivity index (χ1) is 7.39. The molecule has 0 amide bonds. The van der Waals surface area contributed by atoms with Gasteiger partial charge < -0.3 is 9.05 Å². The predicted molar refractivity (Wildman–Crippen MR) is 70.3 cm³/mol. The van der Waals surface area contributed by atoms with Crippen molar-refractivity contribution in [2.75, 3.05) is 5.33 Å². The van der Waals surface area contributed by atoms with Crippen LogP contribution < -0.4 is 0 Å². The summed E-state index contributed by atoms with van der Waals surface area (Å²) in [7, 11) is -2.97. The first-order valence-corrected chi connectivity index (χ1v) is 8.33. The fraction of sp³-hybridized carbons (Fsp3) is 0.818. The van der Waals surface area contributed by atoms with Gasteiger partial charge in [-0.2, -0.15) is 0 Å². The van der Waals surface area contributed by atoms with Crippen molar-refractivity contribution >= 4 is 23.5 Å². The Morgan fingerprint density at radius 1 is 1.38 bits per heavy atom. The SMILES string of the molecule is CC(C)OP(=O)(OC(C)C)C1C/C1=C\CBr. The lowest BCUT2D eigenvalue weighted by Gasteiger charge is -2.22. The molecular formula is C11H20BrO3P. The highest BCUT2D eigenvalue weighted by atomic mass is 79.9. The van der Waals surface area contributed by atoms with E-state index in [2.05, 4.69) is 15.9 Å². The molecule has 0 aromatic carbocycles. The van der Waals surface area contributed by atoms with E-state index in [0.717, 1.165) is 11.8 Å². The van der Waals surface area contributed by atoms with Gasteiger partial charge in [-0.15, -0.1) is 0 Å². The number of allylic oxidation sites excluding steroid dienone is 2. The highest BCUT2D eigenvalue weighted by Gasteiger charge is 2.49. The van der Waals surface area contributed by atoms with Crippen molar-refractivity contribution in [1.29, 1.82) is 0 Å². The molecule has 1 unspecified atom stereocenters. The molecule has 0 saturated heterocycles. The molecule has 1 atom stereocenters. The van der Waals surface area contributed by atoms with Gasteiger partial charge in [-0.25, -0.2) is 0 Å². The average Bonchev–Trinajstić information content (AvgIpc) is 2.81. The van der Waals surface area contributed by atoms with Crippen LogP contribution in [0.1, 0.15) is 34.1 Å². The van der Waals surface area contributed by atoms with Crippen LogP contribution in [0.4, 0.5) is 0 Å². The average molecular weight is 311 g/mol. The molecule has 94 valence electrons. The topological polar surface area (TPSA) is 35.5 Å². The van der Waals surface area contributed by atoms with Crippen molar-refractivity contribution in [2.24, 2.45) is 0 Å². The van der Waals surface area contributed by atoms with Gasteiger partial charge in [0.1, 0.15) is 0 Å². The monoisotopic (exact) mass is 310 g/mol. The maximum absolute atomic E-state index is 12.6. The van der Waals surface area contributed by atoms with Crippen molar-refractivity contribution in [3.63, 3.8) is 0 Å². The predicted octanol–water partition coefficient (Wildman–Crippen LogP) is 4.12. The van der Waals surface area contributed by atoms with Crippen LogP contribution in [0, 0.1) is 0 Å². The van der Waals surface area contributed by atoms with E-state index in [-0.39, 0.29) is 17.9 Å². The van der Waals surface area contributed by atoms with Crippen LogP contribution in [-0.2, 0) is 13.6 Å². The van der Waals surface area contributed by atoms with E-state index in [4.69, 9.17) is 9.05 Å². The van der Waals surface area contributed by atoms with Crippen molar-refractivity contribution in [3.05, 3.63) is 11.6 Å². The van der Waals surface area contributed by atoms with Gasteiger partial charge in [0.15, 0.2) is 0 Å². The molecule has 1 aliphatic carbocycles. The highest BCUT2D eigenvalue weighted by molar-refractivity contribution is 9.09. The zero-order valence-electron chi connectivity index (χ0n) is 10.3. The molecule has 0 spiro atoms. The van der Waals surface area contributed by atoms with Gasteiger partial charge in [0, 0.05) is 5.33 Å². The minimum Gasteiger partial charge on any atom is -0.305 e. The lowest BCUT2D eigenvalue weighted by Crippen LogP contribution is -2.10. The molecule has 3 nitrogen and oxygen atoms in total. The Morgan fingerprint density at radius 2 is 1.88 bits per heavy atom. The molecule has 0 bridgehead atoms. The zero-order valence-corrected chi connectivity index (χ0v) is 12.8. The molecule has 1 fully saturated rings. The fourth-order valence-electron chi connectivity index (χ4n) is 1.56. The third kappa shape index (κ3) is 3.99. The number of alkyl halides is 1. The smallest absolute Gasteiger partial charge is 0.305 e. The summed E-state index contributed by atoms with van der Waals surface area (Å²) in [5.74, 6) is 0. The lowest BCUT2D eigenvalue weighted by atomic mass is 10.5. The van der Waals surface area contributed by atoms with Crippen LogP contribution in [0.2, 0.25) is 0 Å². The van der Waals surface area contributed by atoms with E-state index >= 15 is 0 Å². The van der Waals surface area contributed by atoms with Crippen molar-refractivity contribution < 1.29 is 13.6 Å². The molecule has 16 heavy (non-hydrogen) atoms. The van der Waals surface area contributed by atoms with Gasteiger partial charge >= 0.3 is 7.60 Å². The number of hydrogen-bond donors (Lipinski definition) is 0. The van der Waals surface area contributed by atoms with E-state index < -0.39 is 7.60 Å².